The van der Waals surface area contributed by atoms with Crippen molar-refractivity contribution >= 4 is 39.0 Å². The van der Waals surface area contributed by atoms with Crippen molar-refractivity contribution in [2.45, 2.75) is 10.9 Å². The van der Waals surface area contributed by atoms with Crippen LogP contribution in [0.15, 0.2) is 80.9 Å². The average molecular weight is 449 g/mol. The largest absolute Gasteiger partial charge is 0.497 e. The standard InChI is InChI=1S/C22H16N4O3S2/c1-29-16-7-5-15(6-8-16)26-21(28)20-17(9-11-30-20)24-22(26)31-13-14-12-19(27)25-10-3-2-4-18(25)23-14/h2-12H,13H2,1H3. The molecule has 0 spiro atoms. The lowest BCUT2D eigenvalue weighted by atomic mass is 10.3. The molecule has 154 valence electrons. The summed E-state index contributed by atoms with van der Waals surface area (Å²) in [6.45, 7) is 0. The van der Waals surface area contributed by atoms with E-state index in [4.69, 9.17) is 9.72 Å². The molecule has 7 nitrogen and oxygen atoms in total. The van der Waals surface area contributed by atoms with Gasteiger partial charge in [0.1, 0.15) is 16.1 Å². The normalized spacial score (nSPS) is 11.3. The first-order chi connectivity index (χ1) is 15.1. The second-order valence-electron chi connectivity index (χ2n) is 6.67. The topological polar surface area (TPSA) is 78.5 Å². The van der Waals surface area contributed by atoms with E-state index in [0.29, 0.717) is 43.9 Å². The van der Waals surface area contributed by atoms with Gasteiger partial charge in [-0.3, -0.25) is 18.6 Å². The smallest absolute Gasteiger partial charge is 0.276 e. The first-order valence-corrected chi connectivity index (χ1v) is 11.3. The lowest BCUT2D eigenvalue weighted by Crippen LogP contribution is -2.21. The Hall–Kier alpha value is -3.43. The molecule has 0 radical (unpaired) electrons. The number of pyridine rings is 1. The van der Waals surface area contributed by atoms with E-state index in [-0.39, 0.29) is 11.1 Å². The van der Waals surface area contributed by atoms with E-state index in [1.807, 2.05) is 29.6 Å². The van der Waals surface area contributed by atoms with Crippen molar-refractivity contribution in [3.63, 3.8) is 0 Å². The van der Waals surface area contributed by atoms with Gasteiger partial charge in [0, 0.05) is 18.0 Å². The molecule has 0 atom stereocenters. The average Bonchev–Trinajstić information content (AvgIpc) is 3.27. The number of aromatic nitrogens is 4. The van der Waals surface area contributed by atoms with E-state index in [0.717, 1.165) is 0 Å². The van der Waals surface area contributed by atoms with Crippen LogP contribution in [0.25, 0.3) is 21.6 Å². The molecule has 0 unspecified atom stereocenters. The molecule has 9 heteroatoms. The summed E-state index contributed by atoms with van der Waals surface area (Å²) in [7, 11) is 1.60. The lowest BCUT2D eigenvalue weighted by Gasteiger charge is -2.12. The van der Waals surface area contributed by atoms with Gasteiger partial charge in [0.15, 0.2) is 5.16 Å². The van der Waals surface area contributed by atoms with Crippen molar-refractivity contribution < 1.29 is 4.74 Å². The van der Waals surface area contributed by atoms with Crippen molar-refractivity contribution in [1.82, 2.24) is 18.9 Å². The SMILES string of the molecule is COc1ccc(-n2c(SCc3cc(=O)n4ccccc4n3)nc3ccsc3c2=O)cc1. The summed E-state index contributed by atoms with van der Waals surface area (Å²) in [5.74, 6) is 1.11. The van der Waals surface area contributed by atoms with Gasteiger partial charge >= 0.3 is 0 Å². The van der Waals surface area contributed by atoms with Gasteiger partial charge in [0.05, 0.1) is 24.0 Å². The minimum atomic E-state index is -0.144. The van der Waals surface area contributed by atoms with Gasteiger partial charge in [0.25, 0.3) is 11.1 Å². The van der Waals surface area contributed by atoms with Crippen LogP contribution >= 0.6 is 23.1 Å². The Morgan fingerprint density at radius 1 is 1.06 bits per heavy atom. The fourth-order valence-corrected chi connectivity index (χ4v) is 4.93. The zero-order valence-electron chi connectivity index (χ0n) is 16.4. The number of hydrogen-bond acceptors (Lipinski definition) is 7. The number of nitrogens with zero attached hydrogens (tertiary/aromatic N) is 4. The maximum atomic E-state index is 13.2. The van der Waals surface area contributed by atoms with Crippen LogP contribution < -0.4 is 15.9 Å². The molecule has 31 heavy (non-hydrogen) atoms. The van der Waals surface area contributed by atoms with E-state index < -0.39 is 0 Å². The Balaban J connectivity index is 1.57. The number of rotatable bonds is 5. The Morgan fingerprint density at radius 2 is 1.90 bits per heavy atom. The fraction of sp³-hybridized carbons (Fsp3) is 0.0909. The van der Waals surface area contributed by atoms with E-state index >= 15 is 0 Å². The summed E-state index contributed by atoms with van der Waals surface area (Å²) < 4.78 is 8.92. The summed E-state index contributed by atoms with van der Waals surface area (Å²) in [6.07, 6.45) is 1.69. The molecule has 0 aliphatic heterocycles. The maximum absolute atomic E-state index is 13.2. The zero-order chi connectivity index (χ0) is 21.4. The Bertz CT molecular complexity index is 1520. The summed E-state index contributed by atoms with van der Waals surface area (Å²) in [5, 5.41) is 2.40. The van der Waals surface area contributed by atoms with Crippen LogP contribution in [0.2, 0.25) is 0 Å². The van der Waals surface area contributed by atoms with Gasteiger partial charge in [-0.15, -0.1) is 11.3 Å². The summed E-state index contributed by atoms with van der Waals surface area (Å²) in [4.78, 5) is 34.9. The number of ether oxygens (including phenoxy) is 1. The fourth-order valence-electron chi connectivity index (χ4n) is 3.26. The molecule has 0 amide bonds. The van der Waals surface area contributed by atoms with Gasteiger partial charge in [-0.05, 0) is 47.8 Å². The third kappa shape index (κ3) is 3.62. The molecule has 1 aromatic carbocycles. The zero-order valence-corrected chi connectivity index (χ0v) is 18.0. The van der Waals surface area contributed by atoms with Gasteiger partial charge in [-0.2, -0.15) is 0 Å². The Morgan fingerprint density at radius 3 is 2.71 bits per heavy atom. The van der Waals surface area contributed by atoms with Gasteiger partial charge in [0.2, 0.25) is 0 Å². The summed E-state index contributed by atoms with van der Waals surface area (Å²) in [5.41, 5.74) is 2.30. The summed E-state index contributed by atoms with van der Waals surface area (Å²) >= 11 is 2.74. The van der Waals surface area contributed by atoms with Crippen LogP contribution in [0.1, 0.15) is 5.69 Å². The van der Waals surface area contributed by atoms with E-state index in [1.165, 1.54) is 33.6 Å². The molecule has 5 rings (SSSR count). The van der Waals surface area contributed by atoms with Crippen molar-refractivity contribution in [3.05, 3.63) is 92.6 Å². The number of fused-ring (bicyclic) bond motifs is 2. The molecule has 5 aromatic rings. The molecule has 4 heterocycles. The third-order valence-corrected chi connectivity index (χ3v) is 6.62. The van der Waals surface area contributed by atoms with Crippen LogP contribution in [-0.4, -0.2) is 26.0 Å². The van der Waals surface area contributed by atoms with Crippen LogP contribution in [0.5, 0.6) is 5.75 Å². The van der Waals surface area contributed by atoms with Crippen LogP contribution in [0, 0.1) is 0 Å². The monoisotopic (exact) mass is 448 g/mol. The van der Waals surface area contributed by atoms with Crippen molar-refractivity contribution in [2.24, 2.45) is 0 Å². The minimum absolute atomic E-state index is 0.126. The molecule has 0 aliphatic carbocycles. The van der Waals surface area contributed by atoms with E-state index in [9.17, 15) is 9.59 Å². The second kappa shape index (κ2) is 8.01. The van der Waals surface area contributed by atoms with Gasteiger partial charge in [-0.1, -0.05) is 17.8 Å². The molecule has 0 aliphatic rings. The van der Waals surface area contributed by atoms with Crippen molar-refractivity contribution in [2.75, 3.05) is 7.11 Å². The first kappa shape index (κ1) is 19.5. The van der Waals surface area contributed by atoms with Gasteiger partial charge in [-0.25, -0.2) is 9.97 Å². The van der Waals surface area contributed by atoms with Crippen LogP contribution in [-0.2, 0) is 5.75 Å². The van der Waals surface area contributed by atoms with E-state index in [1.54, 1.807) is 42.1 Å². The number of thiophene rings is 1. The molecule has 0 bridgehead atoms. The highest BCUT2D eigenvalue weighted by Crippen LogP contribution is 2.26. The minimum Gasteiger partial charge on any atom is -0.497 e. The molecule has 0 saturated heterocycles. The van der Waals surface area contributed by atoms with Crippen molar-refractivity contribution in [1.29, 1.82) is 0 Å². The molecule has 4 aromatic heterocycles. The lowest BCUT2D eigenvalue weighted by molar-refractivity contribution is 0.414. The number of thioether (sulfide) groups is 1. The third-order valence-electron chi connectivity index (χ3n) is 4.75. The number of methoxy groups -OCH3 is 1. The predicted molar refractivity (Wildman–Crippen MR) is 123 cm³/mol. The number of hydrogen-bond donors (Lipinski definition) is 0. The predicted octanol–water partition coefficient (Wildman–Crippen LogP) is 3.76. The molecule has 0 N–H and O–H groups in total. The quantitative estimate of drug-likeness (QED) is 0.301. The summed E-state index contributed by atoms with van der Waals surface area (Å²) in [6, 6.07) is 16.0. The highest BCUT2D eigenvalue weighted by atomic mass is 32.2. The second-order valence-corrected chi connectivity index (χ2v) is 8.53. The van der Waals surface area contributed by atoms with E-state index in [2.05, 4.69) is 4.98 Å². The highest BCUT2D eigenvalue weighted by molar-refractivity contribution is 7.98. The van der Waals surface area contributed by atoms with Crippen LogP contribution in [0.4, 0.5) is 0 Å². The number of benzene rings is 1. The molecular weight excluding hydrogens is 432 g/mol. The Kier molecular flexibility index (Phi) is 5.05. The molecule has 0 saturated carbocycles. The highest BCUT2D eigenvalue weighted by Gasteiger charge is 2.15. The molecule has 0 fully saturated rings. The first-order valence-electron chi connectivity index (χ1n) is 9.39. The van der Waals surface area contributed by atoms with Crippen molar-refractivity contribution in [3.8, 4) is 11.4 Å². The Labute approximate surface area is 184 Å². The maximum Gasteiger partial charge on any atom is 0.276 e. The van der Waals surface area contributed by atoms with Crippen LogP contribution in [0.3, 0.4) is 0 Å². The van der Waals surface area contributed by atoms with Gasteiger partial charge < -0.3 is 4.74 Å². The molecular formula is C22H16N4O3S2.